The second-order valence-corrected chi connectivity index (χ2v) is 6.55. The van der Waals surface area contributed by atoms with Gasteiger partial charge in [-0.15, -0.1) is 0 Å². The highest BCUT2D eigenvalue weighted by atomic mass is 35.7. The minimum absolute atomic E-state index is 0.291. The molecule has 1 aliphatic carbocycles. The molecule has 3 amide bonds. The van der Waals surface area contributed by atoms with E-state index in [0.717, 1.165) is 0 Å². The molecule has 8 heteroatoms. The van der Waals surface area contributed by atoms with Gasteiger partial charge in [0.25, 0.3) is 5.91 Å². The van der Waals surface area contributed by atoms with Gasteiger partial charge in [0.2, 0.25) is 9.05 Å². The molecule has 1 saturated heterocycles. The fourth-order valence-corrected chi connectivity index (χ4v) is 4.20. The molecule has 0 radical (unpaired) electrons. The van der Waals surface area contributed by atoms with E-state index < -0.39 is 31.8 Å². The molecule has 0 aromatic carbocycles. The van der Waals surface area contributed by atoms with Crippen LogP contribution in [0.5, 0.6) is 0 Å². The second kappa shape index (κ2) is 3.08. The number of halogens is 1. The summed E-state index contributed by atoms with van der Waals surface area (Å²) >= 11 is 0. The van der Waals surface area contributed by atoms with E-state index in [1.807, 2.05) is 5.32 Å². The molecule has 1 spiro atoms. The zero-order chi connectivity index (χ0) is 11.3. The van der Waals surface area contributed by atoms with Gasteiger partial charge in [-0.3, -0.25) is 10.1 Å². The Labute approximate surface area is 90.8 Å². The largest absolute Gasteiger partial charge is 0.322 e. The van der Waals surface area contributed by atoms with E-state index in [2.05, 4.69) is 5.32 Å². The third-order valence-corrected chi connectivity index (χ3v) is 4.86. The predicted molar refractivity (Wildman–Crippen MR) is 51.8 cm³/mol. The molecule has 0 aromatic rings. The lowest BCUT2D eigenvalue weighted by atomic mass is 9.98. The zero-order valence-electron chi connectivity index (χ0n) is 7.62. The third kappa shape index (κ3) is 1.50. The fourth-order valence-electron chi connectivity index (χ4n) is 2.26. The van der Waals surface area contributed by atoms with Gasteiger partial charge in [0.05, 0.1) is 0 Å². The van der Waals surface area contributed by atoms with Crippen LogP contribution < -0.4 is 10.6 Å². The summed E-state index contributed by atoms with van der Waals surface area (Å²) in [5, 5.41) is 3.38. The molecular weight excluding hydrogens is 244 g/mol. The number of imide groups is 1. The molecule has 2 N–H and O–H groups in total. The molecule has 1 saturated carbocycles. The average Bonchev–Trinajstić information content (AvgIpc) is 2.57. The quantitative estimate of drug-likeness (QED) is 0.494. The summed E-state index contributed by atoms with van der Waals surface area (Å²) in [6.45, 7) is 0. The van der Waals surface area contributed by atoms with E-state index in [0.29, 0.717) is 19.3 Å². The lowest BCUT2D eigenvalue weighted by Gasteiger charge is -2.25. The molecule has 15 heavy (non-hydrogen) atoms. The molecule has 2 atom stereocenters. The third-order valence-electron chi connectivity index (χ3n) is 2.90. The SMILES string of the molecule is O=C1NC(=O)C2(CCCC2S(=O)(=O)Cl)N1. The normalized spacial score (nSPS) is 35.7. The van der Waals surface area contributed by atoms with Gasteiger partial charge in [-0.25, -0.2) is 13.2 Å². The Morgan fingerprint density at radius 1 is 1.40 bits per heavy atom. The van der Waals surface area contributed by atoms with Crippen LogP contribution in [0.4, 0.5) is 4.79 Å². The lowest BCUT2D eigenvalue weighted by Crippen LogP contribution is -2.54. The van der Waals surface area contributed by atoms with Gasteiger partial charge < -0.3 is 5.32 Å². The predicted octanol–water partition coefficient (Wildman–Crippen LogP) is -0.314. The monoisotopic (exact) mass is 252 g/mol. The summed E-state index contributed by atoms with van der Waals surface area (Å²) < 4.78 is 22.6. The standard InChI is InChI=1S/C7H9ClN2O4S/c8-15(13,14)4-2-1-3-7(4)5(11)9-6(12)10-7/h4H,1-3H2,(H2,9,10,11,12). The van der Waals surface area contributed by atoms with Crippen LogP contribution >= 0.6 is 10.7 Å². The van der Waals surface area contributed by atoms with Crippen LogP contribution in [-0.2, 0) is 13.8 Å². The number of nitrogens with one attached hydrogen (secondary N) is 2. The maximum Gasteiger partial charge on any atom is 0.322 e. The molecule has 0 aromatic heterocycles. The first-order chi connectivity index (χ1) is 6.86. The summed E-state index contributed by atoms with van der Waals surface area (Å²) in [7, 11) is 1.41. The van der Waals surface area contributed by atoms with Gasteiger partial charge in [-0.05, 0) is 19.3 Å². The Hall–Kier alpha value is -0.820. The number of rotatable bonds is 1. The number of hydrogen-bond donors (Lipinski definition) is 2. The highest BCUT2D eigenvalue weighted by Crippen LogP contribution is 2.38. The first kappa shape index (κ1) is 10.7. The maximum absolute atomic E-state index is 11.5. The molecule has 2 fully saturated rings. The molecular formula is C7H9ClN2O4S. The Morgan fingerprint density at radius 2 is 2.07 bits per heavy atom. The number of hydrogen-bond acceptors (Lipinski definition) is 4. The van der Waals surface area contributed by atoms with Crippen molar-refractivity contribution < 1.29 is 18.0 Å². The van der Waals surface area contributed by atoms with Crippen LogP contribution in [0, 0.1) is 0 Å². The number of carbonyl (C=O) groups is 2. The van der Waals surface area contributed by atoms with Gasteiger partial charge in [-0.1, -0.05) is 0 Å². The number of urea groups is 1. The summed E-state index contributed by atoms with van der Waals surface area (Å²) in [5.74, 6) is -0.598. The molecule has 6 nitrogen and oxygen atoms in total. The van der Waals surface area contributed by atoms with Crippen molar-refractivity contribution in [1.29, 1.82) is 0 Å². The second-order valence-electron chi connectivity index (χ2n) is 3.74. The van der Waals surface area contributed by atoms with Crippen molar-refractivity contribution in [2.24, 2.45) is 0 Å². The van der Waals surface area contributed by atoms with Crippen LogP contribution in [0.3, 0.4) is 0 Å². The van der Waals surface area contributed by atoms with Crippen molar-refractivity contribution in [2.45, 2.75) is 30.1 Å². The van der Waals surface area contributed by atoms with E-state index in [4.69, 9.17) is 10.7 Å². The zero-order valence-corrected chi connectivity index (χ0v) is 9.19. The van der Waals surface area contributed by atoms with Crippen LogP contribution in [0.25, 0.3) is 0 Å². The molecule has 84 valence electrons. The van der Waals surface area contributed by atoms with Crippen molar-refractivity contribution in [3.63, 3.8) is 0 Å². The van der Waals surface area contributed by atoms with Gasteiger partial charge >= 0.3 is 6.03 Å². The lowest BCUT2D eigenvalue weighted by molar-refractivity contribution is -0.123. The van der Waals surface area contributed by atoms with Gasteiger partial charge in [0.15, 0.2) is 0 Å². The highest BCUT2D eigenvalue weighted by molar-refractivity contribution is 8.14. The van der Waals surface area contributed by atoms with Crippen molar-refractivity contribution in [3.05, 3.63) is 0 Å². The summed E-state index contributed by atoms with van der Waals surface area (Å²) in [6, 6.07) is -0.660. The fraction of sp³-hybridized carbons (Fsp3) is 0.714. The van der Waals surface area contributed by atoms with E-state index in [1.165, 1.54) is 0 Å². The Kier molecular flexibility index (Phi) is 2.20. The highest BCUT2D eigenvalue weighted by Gasteiger charge is 2.58. The topological polar surface area (TPSA) is 92.3 Å². The van der Waals surface area contributed by atoms with Crippen LogP contribution in [0.1, 0.15) is 19.3 Å². The minimum Gasteiger partial charge on any atom is -0.322 e. The maximum atomic E-state index is 11.5. The van der Waals surface area contributed by atoms with E-state index in [9.17, 15) is 18.0 Å². The van der Waals surface area contributed by atoms with E-state index in [-0.39, 0.29) is 0 Å². The first-order valence-corrected chi connectivity index (χ1v) is 6.80. The van der Waals surface area contributed by atoms with Crippen LogP contribution in [0.2, 0.25) is 0 Å². The first-order valence-electron chi connectivity index (χ1n) is 4.43. The van der Waals surface area contributed by atoms with Crippen molar-refractivity contribution in [3.8, 4) is 0 Å². The van der Waals surface area contributed by atoms with Crippen LogP contribution in [-0.4, -0.2) is 31.1 Å². The van der Waals surface area contributed by atoms with Crippen molar-refractivity contribution in [2.75, 3.05) is 0 Å². The Bertz CT molecular complexity index is 434. The summed E-state index contributed by atoms with van der Waals surface area (Å²) in [4.78, 5) is 22.6. The minimum atomic E-state index is -3.85. The van der Waals surface area contributed by atoms with Crippen molar-refractivity contribution in [1.82, 2.24) is 10.6 Å². The van der Waals surface area contributed by atoms with Gasteiger partial charge in [0.1, 0.15) is 10.8 Å². The Morgan fingerprint density at radius 3 is 2.53 bits per heavy atom. The molecule has 2 rings (SSSR count). The molecule has 0 bridgehead atoms. The molecule has 1 aliphatic heterocycles. The Balaban J connectivity index is 2.43. The summed E-state index contributed by atoms with van der Waals surface area (Å²) in [5.41, 5.74) is -1.35. The smallest absolute Gasteiger partial charge is 0.322 e. The van der Waals surface area contributed by atoms with Crippen LogP contribution in [0.15, 0.2) is 0 Å². The number of carbonyl (C=O) groups excluding carboxylic acids is 2. The number of amides is 3. The summed E-state index contributed by atoms with van der Waals surface area (Å²) in [6.07, 6.45) is 1.14. The molecule has 2 unspecified atom stereocenters. The average molecular weight is 253 g/mol. The van der Waals surface area contributed by atoms with Gasteiger partial charge in [-0.2, -0.15) is 0 Å². The van der Waals surface area contributed by atoms with Gasteiger partial charge in [0, 0.05) is 10.7 Å². The molecule has 2 aliphatic rings. The van der Waals surface area contributed by atoms with E-state index in [1.54, 1.807) is 0 Å². The van der Waals surface area contributed by atoms with E-state index >= 15 is 0 Å². The molecule has 1 heterocycles. The van der Waals surface area contributed by atoms with Crippen molar-refractivity contribution >= 4 is 31.7 Å².